The highest BCUT2D eigenvalue weighted by Gasteiger charge is 1.91. The molecule has 3 heteroatoms. The zero-order valence-electron chi connectivity index (χ0n) is 5.42. The lowest BCUT2D eigenvalue weighted by molar-refractivity contribution is 1.11. The van der Waals surface area contributed by atoms with Gasteiger partial charge in [-0.15, -0.1) is 0 Å². The van der Waals surface area contributed by atoms with Crippen molar-refractivity contribution in [1.29, 1.82) is 0 Å². The molecular formula is C7H8BrNS. The minimum atomic E-state index is 0.873. The summed E-state index contributed by atoms with van der Waals surface area (Å²) in [5, 5.41) is 0. The van der Waals surface area contributed by atoms with E-state index in [0.29, 0.717) is 0 Å². The lowest BCUT2D eigenvalue weighted by atomic mass is 10.2. The fourth-order valence-corrected chi connectivity index (χ4v) is 1.39. The van der Waals surface area contributed by atoms with Crippen molar-refractivity contribution < 1.29 is 0 Å². The van der Waals surface area contributed by atoms with Crippen LogP contribution in [0.1, 0.15) is 5.56 Å². The monoisotopic (exact) mass is 217 g/mol. The molecule has 10 heavy (non-hydrogen) atoms. The Morgan fingerprint density at radius 2 is 2.30 bits per heavy atom. The van der Waals surface area contributed by atoms with E-state index in [2.05, 4.69) is 39.6 Å². The van der Waals surface area contributed by atoms with Crippen LogP contribution in [0.25, 0.3) is 0 Å². The van der Waals surface area contributed by atoms with E-state index in [0.717, 1.165) is 16.6 Å². The summed E-state index contributed by atoms with van der Waals surface area (Å²) in [6, 6.07) is 2.06. The summed E-state index contributed by atoms with van der Waals surface area (Å²) >= 11 is 7.47. The van der Waals surface area contributed by atoms with Gasteiger partial charge in [0.25, 0.3) is 0 Å². The molecule has 0 amide bonds. The fourth-order valence-electron chi connectivity index (χ4n) is 0.722. The van der Waals surface area contributed by atoms with Gasteiger partial charge in [-0.3, -0.25) is 4.98 Å². The zero-order valence-corrected chi connectivity index (χ0v) is 7.90. The van der Waals surface area contributed by atoms with Gasteiger partial charge < -0.3 is 0 Å². The number of aryl methyl sites for hydroxylation is 1. The summed E-state index contributed by atoms with van der Waals surface area (Å²) in [7, 11) is 0. The first-order valence-electron chi connectivity index (χ1n) is 3.03. The summed E-state index contributed by atoms with van der Waals surface area (Å²) in [6.45, 7) is 0. The third-order valence-electron chi connectivity index (χ3n) is 1.16. The standard InChI is InChI=1S/C7H8BrNS/c8-7-3-6(1-2-10)4-9-5-7/h3-5,10H,1-2H2. The minimum absolute atomic E-state index is 0.873. The molecule has 0 aliphatic carbocycles. The summed E-state index contributed by atoms with van der Waals surface area (Å²) in [5.74, 6) is 0.873. The SMILES string of the molecule is SCCc1cncc(Br)c1. The molecule has 1 heterocycles. The summed E-state index contributed by atoms with van der Waals surface area (Å²) in [5.41, 5.74) is 1.23. The quantitative estimate of drug-likeness (QED) is 0.751. The molecule has 0 radical (unpaired) electrons. The number of halogens is 1. The second-order valence-corrected chi connectivity index (χ2v) is 3.35. The van der Waals surface area contributed by atoms with Gasteiger partial charge in [0.2, 0.25) is 0 Å². The van der Waals surface area contributed by atoms with Gasteiger partial charge in [0.05, 0.1) is 0 Å². The van der Waals surface area contributed by atoms with Gasteiger partial charge in [-0.25, -0.2) is 0 Å². The van der Waals surface area contributed by atoms with Crippen molar-refractivity contribution in [3.05, 3.63) is 28.5 Å². The van der Waals surface area contributed by atoms with Crippen molar-refractivity contribution >= 4 is 28.6 Å². The maximum Gasteiger partial charge on any atom is 0.0410 e. The molecule has 0 saturated carbocycles. The van der Waals surface area contributed by atoms with Gasteiger partial charge in [0, 0.05) is 16.9 Å². The van der Waals surface area contributed by atoms with E-state index < -0.39 is 0 Å². The molecule has 1 aromatic rings. The third kappa shape index (κ3) is 2.31. The van der Waals surface area contributed by atoms with Crippen LogP contribution in [0.15, 0.2) is 22.9 Å². The first-order valence-corrected chi connectivity index (χ1v) is 4.46. The molecule has 0 fully saturated rings. The Morgan fingerprint density at radius 3 is 2.90 bits per heavy atom. The van der Waals surface area contributed by atoms with Crippen molar-refractivity contribution in [3.63, 3.8) is 0 Å². The van der Waals surface area contributed by atoms with Crippen LogP contribution in [0.4, 0.5) is 0 Å². The Hall–Kier alpha value is -0.0200. The molecule has 1 rings (SSSR count). The van der Waals surface area contributed by atoms with E-state index in [4.69, 9.17) is 0 Å². The van der Waals surface area contributed by atoms with Crippen LogP contribution in [0.3, 0.4) is 0 Å². The van der Waals surface area contributed by atoms with Crippen LogP contribution < -0.4 is 0 Å². The molecule has 0 unspecified atom stereocenters. The molecule has 54 valence electrons. The maximum absolute atomic E-state index is 4.12. The third-order valence-corrected chi connectivity index (χ3v) is 1.82. The highest BCUT2D eigenvalue weighted by atomic mass is 79.9. The number of rotatable bonds is 2. The molecule has 1 aromatic heterocycles. The first kappa shape index (κ1) is 8.08. The van der Waals surface area contributed by atoms with E-state index >= 15 is 0 Å². The van der Waals surface area contributed by atoms with Gasteiger partial charge >= 0.3 is 0 Å². The molecule has 0 atom stereocenters. The number of hydrogen-bond acceptors (Lipinski definition) is 2. The van der Waals surface area contributed by atoms with E-state index in [-0.39, 0.29) is 0 Å². The van der Waals surface area contributed by atoms with Crippen LogP contribution in [0.5, 0.6) is 0 Å². The van der Waals surface area contributed by atoms with Crippen molar-refractivity contribution in [2.24, 2.45) is 0 Å². The highest BCUT2D eigenvalue weighted by Crippen LogP contribution is 2.09. The predicted molar refractivity (Wildman–Crippen MR) is 49.5 cm³/mol. The highest BCUT2D eigenvalue weighted by molar-refractivity contribution is 9.10. The average Bonchev–Trinajstić information content (AvgIpc) is 1.88. The molecule has 1 nitrogen and oxygen atoms in total. The molecular weight excluding hydrogens is 210 g/mol. The Labute approximate surface area is 74.4 Å². The lowest BCUT2D eigenvalue weighted by Crippen LogP contribution is -1.86. The molecule has 0 aromatic carbocycles. The number of hydrogen-bond donors (Lipinski definition) is 1. The molecule has 0 bridgehead atoms. The summed E-state index contributed by atoms with van der Waals surface area (Å²) in [6.07, 6.45) is 4.62. The topological polar surface area (TPSA) is 12.9 Å². The molecule has 0 spiro atoms. The largest absolute Gasteiger partial charge is 0.263 e. The first-order chi connectivity index (χ1) is 4.83. The summed E-state index contributed by atoms with van der Waals surface area (Å²) in [4.78, 5) is 4.02. The van der Waals surface area contributed by atoms with Crippen molar-refractivity contribution in [2.45, 2.75) is 6.42 Å². The van der Waals surface area contributed by atoms with Crippen LogP contribution >= 0.6 is 28.6 Å². The fraction of sp³-hybridized carbons (Fsp3) is 0.286. The van der Waals surface area contributed by atoms with Crippen LogP contribution in [-0.2, 0) is 6.42 Å². The zero-order chi connectivity index (χ0) is 7.40. The number of aromatic nitrogens is 1. The van der Waals surface area contributed by atoms with E-state index in [1.807, 2.05) is 6.20 Å². The van der Waals surface area contributed by atoms with Crippen LogP contribution in [0.2, 0.25) is 0 Å². The maximum atomic E-state index is 4.12. The predicted octanol–water partition coefficient (Wildman–Crippen LogP) is 2.32. The van der Waals surface area contributed by atoms with Gasteiger partial charge in [0.1, 0.15) is 0 Å². The smallest absolute Gasteiger partial charge is 0.0410 e. The Balaban J connectivity index is 2.75. The van der Waals surface area contributed by atoms with E-state index in [1.54, 1.807) is 6.20 Å². The van der Waals surface area contributed by atoms with Gasteiger partial charge in [-0.05, 0) is 39.7 Å². The molecule has 0 aliphatic rings. The Bertz CT molecular complexity index is 215. The van der Waals surface area contributed by atoms with E-state index in [9.17, 15) is 0 Å². The number of thiol groups is 1. The second-order valence-electron chi connectivity index (χ2n) is 1.99. The van der Waals surface area contributed by atoms with E-state index in [1.165, 1.54) is 5.56 Å². The number of pyridine rings is 1. The molecule has 0 saturated heterocycles. The van der Waals surface area contributed by atoms with Crippen LogP contribution in [-0.4, -0.2) is 10.7 Å². The Morgan fingerprint density at radius 1 is 1.50 bits per heavy atom. The Kier molecular flexibility index (Phi) is 3.22. The van der Waals surface area contributed by atoms with Gasteiger partial charge in [0.15, 0.2) is 0 Å². The molecule has 0 aliphatic heterocycles. The normalized spacial score (nSPS) is 9.80. The summed E-state index contributed by atoms with van der Waals surface area (Å²) < 4.78 is 1.03. The average molecular weight is 218 g/mol. The second kappa shape index (κ2) is 3.98. The lowest BCUT2D eigenvalue weighted by Gasteiger charge is -1.95. The molecule has 0 N–H and O–H groups in total. The van der Waals surface area contributed by atoms with Crippen molar-refractivity contribution in [2.75, 3.05) is 5.75 Å². The van der Waals surface area contributed by atoms with Crippen molar-refractivity contribution in [3.8, 4) is 0 Å². The van der Waals surface area contributed by atoms with Crippen LogP contribution in [0, 0.1) is 0 Å². The van der Waals surface area contributed by atoms with Gasteiger partial charge in [-0.2, -0.15) is 12.6 Å². The van der Waals surface area contributed by atoms with Crippen molar-refractivity contribution in [1.82, 2.24) is 4.98 Å². The van der Waals surface area contributed by atoms with Gasteiger partial charge in [-0.1, -0.05) is 0 Å². The number of nitrogens with zero attached hydrogens (tertiary/aromatic N) is 1. The minimum Gasteiger partial charge on any atom is -0.263 e.